The number of hydrogen-bond donors (Lipinski definition) is 0. The average molecular weight is 266 g/mol. The standard InChI is InChI=1S/C14H9F3O2/c15-9-2-1-3-11(6-9)19-8-14(18)12-5-4-10(16)7-13(12)17/h1-7H,8H2. The lowest BCUT2D eigenvalue weighted by atomic mass is 10.1. The number of carbonyl (C=O) groups is 1. The van der Waals surface area contributed by atoms with E-state index in [9.17, 15) is 18.0 Å². The van der Waals surface area contributed by atoms with Gasteiger partial charge in [0.15, 0.2) is 6.61 Å². The summed E-state index contributed by atoms with van der Waals surface area (Å²) in [6.45, 7) is -0.452. The van der Waals surface area contributed by atoms with Crippen LogP contribution in [0.4, 0.5) is 13.2 Å². The third kappa shape index (κ3) is 3.34. The lowest BCUT2D eigenvalue weighted by Gasteiger charge is -2.06. The predicted octanol–water partition coefficient (Wildman–Crippen LogP) is 3.37. The fraction of sp³-hybridized carbons (Fsp3) is 0.0714. The Labute approximate surface area is 107 Å². The highest BCUT2D eigenvalue weighted by atomic mass is 19.1. The quantitative estimate of drug-likeness (QED) is 0.793. The zero-order valence-corrected chi connectivity index (χ0v) is 9.70. The third-order valence-electron chi connectivity index (χ3n) is 2.40. The summed E-state index contributed by atoms with van der Waals surface area (Å²) in [7, 11) is 0. The maximum Gasteiger partial charge on any atom is 0.203 e. The van der Waals surface area contributed by atoms with Crippen molar-refractivity contribution in [1.29, 1.82) is 0 Å². The van der Waals surface area contributed by atoms with Crippen molar-refractivity contribution < 1.29 is 22.7 Å². The molecule has 0 saturated heterocycles. The van der Waals surface area contributed by atoms with E-state index in [4.69, 9.17) is 4.74 Å². The van der Waals surface area contributed by atoms with Gasteiger partial charge in [-0.1, -0.05) is 6.07 Å². The van der Waals surface area contributed by atoms with E-state index >= 15 is 0 Å². The van der Waals surface area contributed by atoms with Gasteiger partial charge in [-0.15, -0.1) is 0 Å². The normalized spacial score (nSPS) is 10.3. The summed E-state index contributed by atoms with van der Waals surface area (Å²) in [5, 5.41) is 0. The highest BCUT2D eigenvalue weighted by Gasteiger charge is 2.13. The molecule has 0 aliphatic carbocycles. The number of rotatable bonds is 4. The molecule has 0 amide bonds. The van der Waals surface area contributed by atoms with Crippen LogP contribution in [0, 0.1) is 17.5 Å². The van der Waals surface area contributed by atoms with E-state index < -0.39 is 29.8 Å². The van der Waals surface area contributed by atoms with Crippen molar-refractivity contribution in [3.63, 3.8) is 0 Å². The first kappa shape index (κ1) is 13.1. The number of ether oxygens (including phenoxy) is 1. The van der Waals surface area contributed by atoms with Gasteiger partial charge in [0.25, 0.3) is 0 Å². The monoisotopic (exact) mass is 266 g/mol. The van der Waals surface area contributed by atoms with Gasteiger partial charge in [-0.25, -0.2) is 13.2 Å². The highest BCUT2D eigenvalue weighted by Crippen LogP contribution is 2.14. The molecule has 2 aromatic carbocycles. The van der Waals surface area contributed by atoms with Crippen molar-refractivity contribution in [3.8, 4) is 5.75 Å². The van der Waals surface area contributed by atoms with Gasteiger partial charge in [0, 0.05) is 12.1 Å². The van der Waals surface area contributed by atoms with Crippen LogP contribution in [0.25, 0.3) is 0 Å². The van der Waals surface area contributed by atoms with E-state index in [1.807, 2.05) is 0 Å². The van der Waals surface area contributed by atoms with Crippen molar-refractivity contribution in [3.05, 3.63) is 65.5 Å². The van der Waals surface area contributed by atoms with Crippen LogP contribution in [0.2, 0.25) is 0 Å². The van der Waals surface area contributed by atoms with E-state index in [0.717, 1.165) is 18.2 Å². The predicted molar refractivity (Wildman–Crippen MR) is 62.6 cm³/mol. The van der Waals surface area contributed by atoms with Crippen molar-refractivity contribution in [2.24, 2.45) is 0 Å². The Morgan fingerprint density at radius 3 is 2.42 bits per heavy atom. The summed E-state index contributed by atoms with van der Waals surface area (Å²) in [5.74, 6) is -2.71. The summed E-state index contributed by atoms with van der Waals surface area (Å²) >= 11 is 0. The summed E-state index contributed by atoms with van der Waals surface area (Å²) in [5.41, 5.74) is -0.266. The van der Waals surface area contributed by atoms with Crippen LogP contribution >= 0.6 is 0 Å². The van der Waals surface area contributed by atoms with Crippen LogP contribution in [0.15, 0.2) is 42.5 Å². The summed E-state index contributed by atoms with van der Waals surface area (Å²) in [6.07, 6.45) is 0. The zero-order chi connectivity index (χ0) is 13.8. The van der Waals surface area contributed by atoms with Gasteiger partial charge in [-0.2, -0.15) is 0 Å². The topological polar surface area (TPSA) is 26.3 Å². The van der Waals surface area contributed by atoms with Crippen LogP contribution in [-0.4, -0.2) is 12.4 Å². The molecule has 0 aliphatic heterocycles. The van der Waals surface area contributed by atoms with Crippen LogP contribution < -0.4 is 4.74 Å². The van der Waals surface area contributed by atoms with Crippen molar-refractivity contribution in [2.45, 2.75) is 0 Å². The molecule has 0 aromatic heterocycles. The minimum Gasteiger partial charge on any atom is -0.485 e. The first-order valence-electron chi connectivity index (χ1n) is 5.43. The van der Waals surface area contributed by atoms with Crippen molar-refractivity contribution in [2.75, 3.05) is 6.61 Å². The number of ketones is 1. The molecule has 0 N–H and O–H groups in total. The maximum absolute atomic E-state index is 13.3. The molecule has 0 radical (unpaired) electrons. The van der Waals surface area contributed by atoms with E-state index in [1.165, 1.54) is 18.2 Å². The Balaban J connectivity index is 2.05. The SMILES string of the molecule is O=C(COc1cccc(F)c1)c1ccc(F)cc1F. The fourth-order valence-corrected chi connectivity index (χ4v) is 1.50. The van der Waals surface area contributed by atoms with Gasteiger partial charge in [0.2, 0.25) is 5.78 Å². The Morgan fingerprint density at radius 2 is 1.74 bits per heavy atom. The second kappa shape index (κ2) is 5.56. The molecule has 0 unspecified atom stereocenters. The number of hydrogen-bond acceptors (Lipinski definition) is 2. The first-order valence-corrected chi connectivity index (χ1v) is 5.43. The number of Topliss-reactive ketones (excluding diaryl/α,β-unsaturated/α-hetero) is 1. The van der Waals surface area contributed by atoms with Crippen LogP contribution in [0.1, 0.15) is 10.4 Å². The van der Waals surface area contributed by atoms with Crippen molar-refractivity contribution >= 4 is 5.78 Å². The molecule has 5 heteroatoms. The minimum absolute atomic E-state index is 0.163. The van der Waals surface area contributed by atoms with Gasteiger partial charge in [0.1, 0.15) is 23.2 Å². The van der Waals surface area contributed by atoms with Crippen LogP contribution in [-0.2, 0) is 0 Å². The fourth-order valence-electron chi connectivity index (χ4n) is 1.50. The molecule has 0 aliphatic rings. The molecule has 0 spiro atoms. The van der Waals surface area contributed by atoms with Crippen LogP contribution in [0.5, 0.6) is 5.75 Å². The lowest BCUT2D eigenvalue weighted by molar-refractivity contribution is 0.0917. The molecular weight excluding hydrogens is 257 g/mol. The molecule has 0 bridgehead atoms. The smallest absolute Gasteiger partial charge is 0.203 e. The largest absolute Gasteiger partial charge is 0.485 e. The summed E-state index contributed by atoms with van der Waals surface area (Å²) < 4.78 is 43.9. The van der Waals surface area contributed by atoms with Crippen molar-refractivity contribution in [1.82, 2.24) is 0 Å². The van der Waals surface area contributed by atoms with Crippen LogP contribution in [0.3, 0.4) is 0 Å². The molecule has 2 rings (SSSR count). The molecule has 0 fully saturated rings. The number of halogens is 3. The molecule has 2 nitrogen and oxygen atoms in total. The van der Waals surface area contributed by atoms with E-state index in [-0.39, 0.29) is 11.3 Å². The molecule has 98 valence electrons. The van der Waals surface area contributed by atoms with Gasteiger partial charge < -0.3 is 4.74 Å². The first-order chi connectivity index (χ1) is 9.06. The second-order valence-electron chi connectivity index (χ2n) is 3.79. The lowest BCUT2D eigenvalue weighted by Crippen LogP contribution is -2.13. The van der Waals surface area contributed by atoms with Gasteiger partial charge in [-0.05, 0) is 24.3 Å². The number of carbonyl (C=O) groups excluding carboxylic acids is 1. The van der Waals surface area contributed by atoms with E-state index in [0.29, 0.717) is 6.07 Å². The van der Waals surface area contributed by atoms with E-state index in [1.54, 1.807) is 0 Å². The van der Waals surface area contributed by atoms with Gasteiger partial charge in [0.05, 0.1) is 5.56 Å². The Bertz CT molecular complexity index is 611. The van der Waals surface area contributed by atoms with Gasteiger partial charge in [-0.3, -0.25) is 4.79 Å². The molecular formula is C14H9F3O2. The maximum atomic E-state index is 13.3. The Kier molecular flexibility index (Phi) is 3.85. The third-order valence-corrected chi connectivity index (χ3v) is 2.40. The molecule has 0 atom stereocenters. The van der Waals surface area contributed by atoms with E-state index in [2.05, 4.69) is 0 Å². The molecule has 0 heterocycles. The summed E-state index contributed by atoms with van der Waals surface area (Å²) in [4.78, 5) is 11.7. The molecule has 2 aromatic rings. The number of benzene rings is 2. The Morgan fingerprint density at radius 1 is 1.00 bits per heavy atom. The molecule has 19 heavy (non-hydrogen) atoms. The average Bonchev–Trinajstić information content (AvgIpc) is 2.36. The highest BCUT2D eigenvalue weighted by molar-refractivity contribution is 5.97. The molecule has 0 saturated carbocycles. The second-order valence-corrected chi connectivity index (χ2v) is 3.79. The Hall–Kier alpha value is -2.30. The summed E-state index contributed by atoms with van der Waals surface area (Å²) in [6, 6.07) is 7.88. The minimum atomic E-state index is -0.951. The zero-order valence-electron chi connectivity index (χ0n) is 9.70. The van der Waals surface area contributed by atoms with Gasteiger partial charge >= 0.3 is 0 Å².